The quantitative estimate of drug-likeness (QED) is 0.230. The molecule has 3 aromatic carbocycles. The standard InChI is InChI=1S/C29H32ClN5O3/c30-23-4-3-5-24(20-23)33-29(37)28(32-14-15-35-16-18-38-19-17-35)22-11-8-21(9-12-22)10-13-27(36)34-26-7-2-1-6-25(26)31/h1-13,20,28,32H,14-19,31H2,(H,33,37)(H,34,36). The summed E-state index contributed by atoms with van der Waals surface area (Å²) in [6, 6.07) is 21.1. The zero-order chi connectivity index (χ0) is 26.7. The summed E-state index contributed by atoms with van der Waals surface area (Å²) >= 11 is 6.09. The third-order valence-corrected chi connectivity index (χ3v) is 6.39. The van der Waals surface area contributed by atoms with Crippen molar-refractivity contribution in [2.24, 2.45) is 0 Å². The first kappa shape index (κ1) is 27.3. The number of rotatable bonds is 10. The van der Waals surface area contributed by atoms with E-state index in [4.69, 9.17) is 22.1 Å². The number of hydrogen-bond acceptors (Lipinski definition) is 6. The van der Waals surface area contributed by atoms with Crippen LogP contribution >= 0.6 is 11.6 Å². The Hall–Kier alpha value is -3.69. The first-order chi connectivity index (χ1) is 18.5. The zero-order valence-corrected chi connectivity index (χ0v) is 21.8. The van der Waals surface area contributed by atoms with Gasteiger partial charge in [-0.3, -0.25) is 14.5 Å². The molecular weight excluding hydrogens is 502 g/mol. The van der Waals surface area contributed by atoms with E-state index in [0.29, 0.717) is 28.6 Å². The van der Waals surface area contributed by atoms with Crippen molar-refractivity contribution in [3.63, 3.8) is 0 Å². The fraction of sp³-hybridized carbons (Fsp3) is 0.241. The summed E-state index contributed by atoms with van der Waals surface area (Å²) in [5.41, 5.74) is 9.22. The Labute approximate surface area is 227 Å². The highest BCUT2D eigenvalue weighted by atomic mass is 35.5. The molecule has 1 heterocycles. The maximum atomic E-state index is 13.3. The Morgan fingerprint density at radius 2 is 1.76 bits per heavy atom. The number of nitrogens with two attached hydrogens (primary N) is 1. The van der Waals surface area contributed by atoms with E-state index in [1.165, 1.54) is 6.08 Å². The molecule has 3 aromatic rings. The van der Waals surface area contributed by atoms with Gasteiger partial charge >= 0.3 is 0 Å². The molecule has 1 aliphatic rings. The summed E-state index contributed by atoms with van der Waals surface area (Å²) < 4.78 is 5.42. The Morgan fingerprint density at radius 1 is 1.00 bits per heavy atom. The number of morpholine rings is 1. The van der Waals surface area contributed by atoms with Crippen LogP contribution in [0.3, 0.4) is 0 Å². The van der Waals surface area contributed by atoms with Crippen LogP contribution in [0.15, 0.2) is 78.9 Å². The van der Waals surface area contributed by atoms with Crippen LogP contribution in [0.2, 0.25) is 5.02 Å². The highest BCUT2D eigenvalue weighted by Crippen LogP contribution is 2.20. The number of para-hydroxylation sites is 2. The first-order valence-electron chi connectivity index (χ1n) is 12.5. The molecule has 1 saturated heterocycles. The summed E-state index contributed by atoms with van der Waals surface area (Å²) in [6.07, 6.45) is 3.16. The second-order valence-electron chi connectivity index (χ2n) is 8.92. The van der Waals surface area contributed by atoms with Crippen molar-refractivity contribution in [2.45, 2.75) is 6.04 Å². The molecule has 0 radical (unpaired) electrons. The summed E-state index contributed by atoms with van der Waals surface area (Å²) in [4.78, 5) is 27.9. The van der Waals surface area contributed by atoms with E-state index >= 15 is 0 Å². The molecule has 0 spiro atoms. The van der Waals surface area contributed by atoms with Crippen molar-refractivity contribution in [1.82, 2.24) is 10.2 Å². The molecule has 1 atom stereocenters. The molecule has 2 amide bonds. The number of ether oxygens (including phenoxy) is 1. The van der Waals surface area contributed by atoms with Gasteiger partial charge in [0.25, 0.3) is 0 Å². The predicted octanol–water partition coefficient (Wildman–Crippen LogP) is 4.18. The Kier molecular flexibility index (Phi) is 9.89. The van der Waals surface area contributed by atoms with Gasteiger partial charge in [0.2, 0.25) is 11.8 Å². The SMILES string of the molecule is Nc1ccccc1NC(=O)C=Cc1ccc(C(NCCN2CCOCC2)C(=O)Nc2cccc(Cl)c2)cc1. The number of benzene rings is 3. The van der Waals surface area contributed by atoms with Crippen LogP contribution in [0, 0.1) is 0 Å². The lowest BCUT2D eigenvalue weighted by Gasteiger charge is -2.27. The number of halogens is 1. The number of hydrogen-bond donors (Lipinski definition) is 4. The van der Waals surface area contributed by atoms with Gasteiger partial charge in [0.1, 0.15) is 6.04 Å². The van der Waals surface area contributed by atoms with Crippen LogP contribution < -0.4 is 21.7 Å². The summed E-state index contributed by atoms with van der Waals surface area (Å²) in [5.74, 6) is -0.465. The number of nitrogens with one attached hydrogen (secondary N) is 3. The van der Waals surface area contributed by atoms with E-state index in [0.717, 1.165) is 44.0 Å². The molecular formula is C29H32ClN5O3. The van der Waals surface area contributed by atoms with Crippen molar-refractivity contribution in [3.05, 3.63) is 95.0 Å². The first-order valence-corrected chi connectivity index (χ1v) is 12.9. The van der Waals surface area contributed by atoms with Gasteiger partial charge in [-0.1, -0.05) is 54.1 Å². The molecule has 38 heavy (non-hydrogen) atoms. The fourth-order valence-corrected chi connectivity index (χ4v) is 4.28. The largest absolute Gasteiger partial charge is 0.397 e. The molecule has 0 aromatic heterocycles. The number of nitrogen functional groups attached to an aromatic ring is 1. The van der Waals surface area contributed by atoms with Crippen LogP contribution in [0.1, 0.15) is 17.2 Å². The number of carbonyl (C=O) groups is 2. The minimum atomic E-state index is -0.572. The molecule has 1 unspecified atom stereocenters. The Bertz CT molecular complexity index is 1260. The van der Waals surface area contributed by atoms with E-state index < -0.39 is 6.04 Å². The minimum Gasteiger partial charge on any atom is -0.397 e. The highest BCUT2D eigenvalue weighted by molar-refractivity contribution is 6.30. The van der Waals surface area contributed by atoms with Crippen molar-refractivity contribution < 1.29 is 14.3 Å². The predicted molar refractivity (Wildman–Crippen MR) is 153 cm³/mol. The van der Waals surface area contributed by atoms with Crippen molar-refractivity contribution in [3.8, 4) is 0 Å². The highest BCUT2D eigenvalue weighted by Gasteiger charge is 2.21. The van der Waals surface area contributed by atoms with Gasteiger partial charge in [0.05, 0.1) is 24.6 Å². The molecule has 5 N–H and O–H groups in total. The van der Waals surface area contributed by atoms with Crippen LogP contribution in [-0.4, -0.2) is 56.1 Å². The van der Waals surface area contributed by atoms with Gasteiger partial charge in [-0.15, -0.1) is 0 Å². The van der Waals surface area contributed by atoms with Gasteiger partial charge < -0.3 is 26.4 Å². The maximum absolute atomic E-state index is 13.3. The lowest BCUT2D eigenvalue weighted by molar-refractivity contribution is -0.118. The normalized spacial score (nSPS) is 14.8. The van der Waals surface area contributed by atoms with Crippen LogP contribution in [-0.2, 0) is 14.3 Å². The Morgan fingerprint density at radius 3 is 2.50 bits per heavy atom. The van der Waals surface area contributed by atoms with Gasteiger partial charge in [-0.25, -0.2) is 0 Å². The van der Waals surface area contributed by atoms with E-state index in [-0.39, 0.29) is 11.8 Å². The lowest BCUT2D eigenvalue weighted by Crippen LogP contribution is -2.42. The van der Waals surface area contributed by atoms with Gasteiger partial charge in [0.15, 0.2) is 0 Å². The number of anilines is 3. The van der Waals surface area contributed by atoms with E-state index in [2.05, 4.69) is 20.9 Å². The van der Waals surface area contributed by atoms with E-state index in [9.17, 15) is 9.59 Å². The third kappa shape index (κ3) is 8.16. The van der Waals surface area contributed by atoms with Crippen LogP contribution in [0.5, 0.6) is 0 Å². The Balaban J connectivity index is 1.42. The average Bonchev–Trinajstić information content (AvgIpc) is 2.92. The molecule has 9 heteroatoms. The number of amides is 2. The number of nitrogens with zero attached hydrogens (tertiary/aromatic N) is 1. The molecule has 4 rings (SSSR count). The van der Waals surface area contributed by atoms with Crippen LogP contribution in [0.25, 0.3) is 6.08 Å². The van der Waals surface area contributed by atoms with Crippen LogP contribution in [0.4, 0.5) is 17.1 Å². The van der Waals surface area contributed by atoms with E-state index in [1.54, 1.807) is 42.5 Å². The summed E-state index contributed by atoms with van der Waals surface area (Å²) in [5, 5.41) is 9.67. The molecule has 1 aliphatic heterocycles. The minimum absolute atomic E-state index is 0.183. The second-order valence-corrected chi connectivity index (χ2v) is 9.35. The molecule has 198 valence electrons. The van der Waals surface area contributed by atoms with Crippen molar-refractivity contribution in [2.75, 3.05) is 55.8 Å². The van der Waals surface area contributed by atoms with E-state index in [1.807, 2.05) is 36.4 Å². The van der Waals surface area contributed by atoms with Gasteiger partial charge in [-0.05, 0) is 47.5 Å². The lowest BCUT2D eigenvalue weighted by atomic mass is 10.0. The molecule has 1 fully saturated rings. The molecule has 0 aliphatic carbocycles. The second kappa shape index (κ2) is 13.7. The van der Waals surface area contributed by atoms with Gasteiger partial charge in [0, 0.05) is 43.0 Å². The van der Waals surface area contributed by atoms with Gasteiger partial charge in [-0.2, -0.15) is 0 Å². The topological polar surface area (TPSA) is 109 Å². The summed E-state index contributed by atoms with van der Waals surface area (Å²) in [6.45, 7) is 4.66. The number of carbonyl (C=O) groups excluding carboxylic acids is 2. The molecule has 8 nitrogen and oxygen atoms in total. The monoisotopic (exact) mass is 533 g/mol. The molecule has 0 saturated carbocycles. The smallest absolute Gasteiger partial charge is 0.248 e. The third-order valence-electron chi connectivity index (χ3n) is 6.15. The van der Waals surface area contributed by atoms with Crippen molar-refractivity contribution >= 4 is 46.6 Å². The summed E-state index contributed by atoms with van der Waals surface area (Å²) in [7, 11) is 0. The van der Waals surface area contributed by atoms with Crippen molar-refractivity contribution in [1.29, 1.82) is 0 Å². The molecule has 0 bridgehead atoms. The maximum Gasteiger partial charge on any atom is 0.248 e. The zero-order valence-electron chi connectivity index (χ0n) is 21.0. The average molecular weight is 534 g/mol. The fourth-order valence-electron chi connectivity index (χ4n) is 4.09.